The molecule has 3 atom stereocenters. The molecule has 3 unspecified atom stereocenters. The van der Waals surface area contributed by atoms with Crippen molar-refractivity contribution in [1.82, 2.24) is 49.3 Å². The number of aromatic hydroxyl groups is 2. The first-order valence-electron chi connectivity index (χ1n) is 21.8. The Bertz CT molecular complexity index is 2840. The van der Waals surface area contributed by atoms with Crippen LogP contribution in [-0.4, -0.2) is 80.4 Å². The van der Waals surface area contributed by atoms with Crippen molar-refractivity contribution in [1.29, 1.82) is 0 Å². The summed E-state index contributed by atoms with van der Waals surface area (Å²) in [6.45, 7) is 1.56. The van der Waals surface area contributed by atoms with Gasteiger partial charge < -0.3 is 34.7 Å². The third kappa shape index (κ3) is 7.15. The predicted molar refractivity (Wildman–Crippen MR) is 227 cm³/mol. The number of aryl methyl sites for hydroxylation is 1. The lowest BCUT2D eigenvalue weighted by Crippen LogP contribution is -2.39. The van der Waals surface area contributed by atoms with E-state index in [1.165, 1.54) is 21.8 Å². The maximum Gasteiger partial charge on any atom is 0.275 e. The topological polar surface area (TPSA) is 213 Å². The van der Waals surface area contributed by atoms with Gasteiger partial charge >= 0.3 is 0 Å². The van der Waals surface area contributed by atoms with Crippen molar-refractivity contribution in [3.63, 3.8) is 0 Å². The Hall–Kier alpha value is -6.52. The van der Waals surface area contributed by atoms with Crippen LogP contribution in [0.15, 0.2) is 70.8 Å². The minimum atomic E-state index is -0.829. The lowest BCUT2D eigenvalue weighted by Gasteiger charge is -2.34. The third-order valence-corrected chi connectivity index (χ3v) is 13.9. The van der Waals surface area contributed by atoms with Gasteiger partial charge in [-0.2, -0.15) is 15.2 Å². The second-order valence-corrected chi connectivity index (χ2v) is 17.7. The van der Waals surface area contributed by atoms with Gasteiger partial charge in [-0.15, -0.1) is 0 Å². The highest BCUT2D eigenvalue weighted by atomic mass is 16.5. The van der Waals surface area contributed by atoms with E-state index in [0.717, 1.165) is 66.3 Å². The van der Waals surface area contributed by atoms with Crippen LogP contribution in [0.25, 0.3) is 22.1 Å². The summed E-state index contributed by atoms with van der Waals surface area (Å²) in [6, 6.07) is 12.2. The molecule has 2 aliphatic carbocycles. The van der Waals surface area contributed by atoms with Gasteiger partial charge in [0.2, 0.25) is 5.88 Å². The first-order chi connectivity index (χ1) is 30.1. The number of carbonyl (C=O) groups excluding carboxylic acids is 2. The Morgan fingerprint density at radius 2 is 1.27 bits per heavy atom. The molecule has 17 nitrogen and oxygen atoms in total. The molecule has 2 fully saturated rings. The van der Waals surface area contributed by atoms with E-state index in [2.05, 4.69) is 54.4 Å². The number of fused-ring (bicyclic) bond motifs is 8. The van der Waals surface area contributed by atoms with Crippen LogP contribution in [0.5, 0.6) is 17.4 Å². The second-order valence-electron chi connectivity index (χ2n) is 17.7. The molecule has 6 aromatic heterocycles. The molecule has 2 aliphatic heterocycles. The first kappa shape index (κ1) is 39.6. The highest BCUT2D eigenvalue weighted by molar-refractivity contribution is 5.92. The molecule has 17 heteroatoms. The summed E-state index contributed by atoms with van der Waals surface area (Å²) in [4.78, 5) is 63.5. The molecule has 8 heterocycles. The van der Waals surface area contributed by atoms with Gasteiger partial charge in [-0.05, 0) is 106 Å². The standard InChI is InChI=1S/C45H50N10O7/c56-33-24-52-26-44(15-1-2-16-44)54-20-13-29-6-9-32(48-40(29)54)8-5-28(12-19-47-43(61)37(50-52)39(33)59)31-11-17-45(23-31)27-53-25-34(57)38(58)36(51-53)42(60)46-18-3-4-22-62-35-10-7-30-14-21-55(45)41(30)49-35/h6-7,9-10,13-14,20-21,24-25,28,31,56-57H,1-5,8,11-12,15-19,22-23,26-27H2,(H,46,60)(H,47,61). The van der Waals surface area contributed by atoms with E-state index in [4.69, 9.17) is 14.7 Å². The molecule has 0 aromatic carbocycles. The summed E-state index contributed by atoms with van der Waals surface area (Å²) in [7, 11) is 0. The largest absolute Gasteiger partial charge is 0.503 e. The van der Waals surface area contributed by atoms with Crippen LogP contribution in [0.4, 0.5) is 0 Å². The zero-order valence-electron chi connectivity index (χ0n) is 34.5. The van der Waals surface area contributed by atoms with E-state index in [-0.39, 0.29) is 36.3 Å². The summed E-state index contributed by atoms with van der Waals surface area (Å²) < 4.78 is 13.5. The van der Waals surface area contributed by atoms with Gasteiger partial charge in [0.1, 0.15) is 11.3 Å². The SMILES string of the molecule is O=C1NCCC(C2CCC3(C2)Cn2cc(O)c(=O)c(n2)C(=O)NCCCCOc2ccc4ccn3c4n2)CCc2ccc3ccn(c3n2)C2(CCCC2)Cn2cc(O)c(=O)c1n2. The van der Waals surface area contributed by atoms with Gasteiger partial charge in [0, 0.05) is 48.0 Å². The number of hydrogen-bond acceptors (Lipinski definition) is 11. The quantitative estimate of drug-likeness (QED) is 0.183. The maximum absolute atomic E-state index is 13.7. The van der Waals surface area contributed by atoms with E-state index in [0.29, 0.717) is 64.1 Å². The fraction of sp³-hybridized carbons (Fsp3) is 0.467. The molecule has 0 saturated heterocycles. The normalized spacial score (nSPS) is 23.3. The Balaban J connectivity index is 1.04. The monoisotopic (exact) mass is 842 g/mol. The summed E-state index contributed by atoms with van der Waals surface area (Å²) in [6.07, 6.45) is 15.9. The van der Waals surface area contributed by atoms with E-state index in [1.807, 2.05) is 24.4 Å². The van der Waals surface area contributed by atoms with Crippen molar-refractivity contribution in [2.75, 3.05) is 19.7 Å². The lowest BCUT2D eigenvalue weighted by molar-refractivity contribution is 0.0932. The average molecular weight is 843 g/mol. The van der Waals surface area contributed by atoms with E-state index >= 15 is 0 Å². The van der Waals surface area contributed by atoms with Gasteiger partial charge in [-0.3, -0.25) is 28.5 Å². The Morgan fingerprint density at radius 1 is 0.645 bits per heavy atom. The van der Waals surface area contributed by atoms with Gasteiger partial charge in [0.25, 0.3) is 22.7 Å². The number of pyridine rings is 2. The van der Waals surface area contributed by atoms with Crippen LogP contribution in [0.2, 0.25) is 0 Å². The zero-order valence-corrected chi connectivity index (χ0v) is 34.5. The number of nitrogens with zero attached hydrogens (tertiary/aromatic N) is 8. The van der Waals surface area contributed by atoms with E-state index < -0.39 is 45.2 Å². The molecule has 4 N–H and O–H groups in total. The van der Waals surface area contributed by atoms with Crippen LogP contribution in [-0.2, 0) is 30.6 Å². The maximum atomic E-state index is 13.7. The van der Waals surface area contributed by atoms with Crippen molar-refractivity contribution >= 4 is 33.9 Å². The summed E-state index contributed by atoms with van der Waals surface area (Å²) in [5, 5.41) is 38.4. The van der Waals surface area contributed by atoms with Crippen molar-refractivity contribution in [3.8, 4) is 17.4 Å². The Labute approximate surface area is 355 Å². The van der Waals surface area contributed by atoms with Crippen LogP contribution in [0, 0.1) is 11.8 Å². The molecular weight excluding hydrogens is 793 g/mol. The lowest BCUT2D eigenvalue weighted by atomic mass is 9.82. The molecule has 62 heavy (non-hydrogen) atoms. The molecule has 8 bridgehead atoms. The average Bonchev–Trinajstić information content (AvgIpc) is 4.09. The molecule has 2 amide bonds. The van der Waals surface area contributed by atoms with Gasteiger partial charge in [0.15, 0.2) is 22.9 Å². The molecule has 322 valence electrons. The number of amides is 2. The number of carbonyl (C=O) groups is 2. The van der Waals surface area contributed by atoms with Crippen LogP contribution in [0.1, 0.15) is 97.3 Å². The molecule has 4 aliphatic rings. The Kier molecular flexibility index (Phi) is 10.1. The fourth-order valence-electron chi connectivity index (χ4n) is 10.7. The third-order valence-electron chi connectivity index (χ3n) is 13.9. The highest BCUT2D eigenvalue weighted by Crippen LogP contribution is 2.48. The molecule has 6 aromatic rings. The molecule has 2 saturated carbocycles. The van der Waals surface area contributed by atoms with Crippen LogP contribution < -0.4 is 26.2 Å². The van der Waals surface area contributed by atoms with Gasteiger partial charge in [-0.25, -0.2) is 4.98 Å². The van der Waals surface area contributed by atoms with Gasteiger partial charge in [-0.1, -0.05) is 12.8 Å². The molecule has 2 spiro atoms. The number of nitrogens with one attached hydrogen (secondary N) is 2. The van der Waals surface area contributed by atoms with E-state index in [1.54, 1.807) is 0 Å². The van der Waals surface area contributed by atoms with Crippen molar-refractivity contribution in [3.05, 3.63) is 98.7 Å². The summed E-state index contributed by atoms with van der Waals surface area (Å²) in [5.41, 5.74) is -0.851. The summed E-state index contributed by atoms with van der Waals surface area (Å²) >= 11 is 0. The van der Waals surface area contributed by atoms with E-state index in [9.17, 15) is 29.4 Å². The first-order valence-corrected chi connectivity index (χ1v) is 21.8. The fourth-order valence-corrected chi connectivity index (χ4v) is 10.7. The van der Waals surface area contributed by atoms with Crippen molar-refractivity contribution < 1.29 is 24.5 Å². The molecule has 0 radical (unpaired) electrons. The second kappa shape index (κ2) is 15.7. The van der Waals surface area contributed by atoms with Crippen molar-refractivity contribution in [2.24, 2.45) is 11.8 Å². The number of aromatic nitrogens is 8. The smallest absolute Gasteiger partial charge is 0.275 e. The number of rotatable bonds is 1. The minimum absolute atomic E-state index is 0.0765. The predicted octanol–water partition coefficient (Wildman–Crippen LogP) is 4.36. The molecule has 10 rings (SSSR count). The Morgan fingerprint density at radius 3 is 1.98 bits per heavy atom. The summed E-state index contributed by atoms with van der Waals surface area (Å²) in [5.74, 6) is -1.67. The van der Waals surface area contributed by atoms with Gasteiger partial charge in [0.05, 0.1) is 43.2 Å². The van der Waals surface area contributed by atoms with Crippen LogP contribution >= 0.6 is 0 Å². The van der Waals surface area contributed by atoms with Crippen LogP contribution in [0.3, 0.4) is 0 Å². The number of ether oxygens (including phenoxy) is 1. The minimum Gasteiger partial charge on any atom is -0.503 e. The molecular formula is C45H50N10O7. The van der Waals surface area contributed by atoms with Crippen molar-refractivity contribution in [2.45, 2.75) is 101 Å². The highest BCUT2D eigenvalue weighted by Gasteiger charge is 2.45. The zero-order chi connectivity index (χ0) is 42.6. The number of hydrogen-bond donors (Lipinski definition) is 4.